The molecule has 0 saturated heterocycles. The van der Waals surface area contributed by atoms with Crippen LogP contribution in [0.1, 0.15) is 55.1 Å². The minimum atomic E-state index is -0.533. The van der Waals surface area contributed by atoms with E-state index in [4.69, 9.17) is 4.74 Å². The Bertz CT molecular complexity index is 857. The number of fused-ring (bicyclic) bond motifs is 3. The quantitative estimate of drug-likeness (QED) is 0.634. The molecular weight excluding hydrogens is 316 g/mol. The van der Waals surface area contributed by atoms with E-state index in [1.165, 1.54) is 12.7 Å². The largest absolute Gasteiger partial charge is 0.507 e. The van der Waals surface area contributed by atoms with Gasteiger partial charge in [0.1, 0.15) is 5.75 Å². The number of hydrogen-bond donors (Lipinski definition) is 2. The lowest BCUT2D eigenvalue weighted by molar-refractivity contribution is 0.103. The average molecular weight is 340 g/mol. The fraction of sp³-hybridized carbons (Fsp3) is 0.381. The Morgan fingerprint density at radius 1 is 1.32 bits per heavy atom. The van der Waals surface area contributed by atoms with E-state index in [1.807, 2.05) is 13.8 Å². The van der Waals surface area contributed by atoms with E-state index in [1.54, 1.807) is 12.2 Å². The van der Waals surface area contributed by atoms with Crippen LogP contribution in [-0.4, -0.2) is 23.1 Å². The average Bonchev–Trinajstić information content (AvgIpc) is 2.57. The van der Waals surface area contributed by atoms with Crippen molar-refractivity contribution in [2.75, 3.05) is 7.11 Å². The van der Waals surface area contributed by atoms with Crippen molar-refractivity contribution in [3.8, 4) is 17.2 Å². The third kappa shape index (κ3) is 2.24. The summed E-state index contributed by atoms with van der Waals surface area (Å²) in [7, 11) is 1.45. The number of ether oxygens (including phenoxy) is 1. The number of ketones is 1. The summed E-state index contributed by atoms with van der Waals surface area (Å²) >= 11 is 0. The fourth-order valence-corrected chi connectivity index (χ4v) is 4.22. The van der Waals surface area contributed by atoms with Crippen molar-refractivity contribution in [2.45, 2.75) is 45.4 Å². The molecule has 1 aromatic carbocycles. The zero-order chi connectivity index (χ0) is 18.5. The van der Waals surface area contributed by atoms with Crippen molar-refractivity contribution >= 4 is 5.78 Å². The molecule has 1 aromatic rings. The highest BCUT2D eigenvalue weighted by Gasteiger charge is 2.45. The number of carbonyl (C=O) groups is 1. The molecular formula is C21H24O4. The summed E-state index contributed by atoms with van der Waals surface area (Å²) in [6.07, 6.45) is 5.16. The number of carbonyl (C=O) groups excluding carboxylic acids is 1. The molecule has 0 saturated carbocycles. The van der Waals surface area contributed by atoms with Crippen molar-refractivity contribution in [1.29, 1.82) is 0 Å². The van der Waals surface area contributed by atoms with Gasteiger partial charge in [-0.15, -0.1) is 6.58 Å². The SMILES string of the molecule is C=CCc1c(O)c2c(c(O)c1OC)[C@]1(C)CCC(C)=C(C)C1=CC2=O. The number of phenols is 2. The predicted molar refractivity (Wildman–Crippen MR) is 97.6 cm³/mol. The second-order valence-electron chi connectivity index (χ2n) is 7.11. The van der Waals surface area contributed by atoms with Crippen molar-refractivity contribution in [3.05, 3.63) is 52.1 Å². The van der Waals surface area contributed by atoms with Crippen molar-refractivity contribution in [1.82, 2.24) is 0 Å². The number of phenolic OH excluding ortho intramolecular Hbond substituents is 2. The van der Waals surface area contributed by atoms with Gasteiger partial charge in [-0.3, -0.25) is 4.79 Å². The molecule has 0 unspecified atom stereocenters. The molecule has 0 spiro atoms. The highest BCUT2D eigenvalue weighted by molar-refractivity contribution is 6.12. The Morgan fingerprint density at radius 3 is 2.60 bits per heavy atom. The number of hydrogen-bond acceptors (Lipinski definition) is 4. The summed E-state index contributed by atoms with van der Waals surface area (Å²) in [5, 5.41) is 21.8. The first-order valence-corrected chi connectivity index (χ1v) is 8.47. The second-order valence-corrected chi connectivity index (χ2v) is 7.11. The molecule has 0 heterocycles. The summed E-state index contributed by atoms with van der Waals surface area (Å²) < 4.78 is 5.38. The van der Waals surface area contributed by atoms with Crippen LogP contribution in [-0.2, 0) is 11.8 Å². The molecule has 2 aliphatic rings. The van der Waals surface area contributed by atoms with Gasteiger partial charge in [-0.25, -0.2) is 0 Å². The van der Waals surface area contributed by atoms with Crippen LogP contribution in [0.2, 0.25) is 0 Å². The van der Waals surface area contributed by atoms with Gasteiger partial charge in [0.2, 0.25) is 0 Å². The Balaban J connectivity index is 2.41. The summed E-state index contributed by atoms with van der Waals surface area (Å²) in [6, 6.07) is 0. The van der Waals surface area contributed by atoms with E-state index < -0.39 is 5.41 Å². The van der Waals surface area contributed by atoms with Crippen LogP contribution < -0.4 is 4.74 Å². The molecule has 4 nitrogen and oxygen atoms in total. The molecule has 2 aliphatic carbocycles. The Morgan fingerprint density at radius 2 is 2.00 bits per heavy atom. The van der Waals surface area contributed by atoms with Crippen LogP contribution in [0.5, 0.6) is 17.2 Å². The fourth-order valence-electron chi connectivity index (χ4n) is 4.22. The van der Waals surface area contributed by atoms with E-state index in [2.05, 4.69) is 13.5 Å². The minimum Gasteiger partial charge on any atom is -0.507 e. The molecule has 0 amide bonds. The number of allylic oxidation sites excluding steroid dienone is 5. The molecule has 3 rings (SSSR count). The highest BCUT2D eigenvalue weighted by atomic mass is 16.5. The van der Waals surface area contributed by atoms with Crippen LogP contribution in [0, 0.1) is 0 Å². The number of benzene rings is 1. The molecule has 2 N–H and O–H groups in total. The minimum absolute atomic E-state index is 0.0547. The van der Waals surface area contributed by atoms with Crippen molar-refractivity contribution < 1.29 is 19.7 Å². The zero-order valence-corrected chi connectivity index (χ0v) is 15.2. The molecule has 0 fully saturated rings. The van der Waals surface area contributed by atoms with Gasteiger partial charge >= 0.3 is 0 Å². The van der Waals surface area contributed by atoms with Gasteiger partial charge in [-0.05, 0) is 50.3 Å². The first-order valence-electron chi connectivity index (χ1n) is 8.47. The standard InChI is InChI=1S/C21H24O4/c1-6-7-13-18(23)16-15(22)10-14-12(3)11(2)8-9-21(14,4)17(16)19(24)20(13)25-5/h6,10,23-24H,1,7-9H2,2-5H3/t21-/m1/s1. The molecule has 4 heteroatoms. The first-order chi connectivity index (χ1) is 11.8. The second kappa shape index (κ2) is 5.80. The van der Waals surface area contributed by atoms with Crippen LogP contribution in [0.25, 0.3) is 0 Å². The first kappa shape index (κ1) is 17.3. The van der Waals surface area contributed by atoms with Gasteiger partial charge in [0.25, 0.3) is 0 Å². The smallest absolute Gasteiger partial charge is 0.190 e. The van der Waals surface area contributed by atoms with Gasteiger partial charge in [0.15, 0.2) is 17.3 Å². The van der Waals surface area contributed by atoms with Crippen LogP contribution in [0.15, 0.2) is 35.5 Å². The van der Waals surface area contributed by atoms with E-state index >= 15 is 0 Å². The maximum atomic E-state index is 12.8. The lowest BCUT2D eigenvalue weighted by atomic mass is 9.61. The summed E-state index contributed by atoms with van der Waals surface area (Å²) in [5.41, 5.74) is 3.77. The van der Waals surface area contributed by atoms with E-state index in [0.29, 0.717) is 17.5 Å². The zero-order valence-electron chi connectivity index (χ0n) is 15.2. The van der Waals surface area contributed by atoms with Crippen LogP contribution in [0.3, 0.4) is 0 Å². The summed E-state index contributed by atoms with van der Waals surface area (Å²) in [4.78, 5) is 12.8. The van der Waals surface area contributed by atoms with E-state index in [0.717, 1.165) is 24.0 Å². The summed E-state index contributed by atoms with van der Waals surface area (Å²) in [6.45, 7) is 9.78. The van der Waals surface area contributed by atoms with Gasteiger partial charge < -0.3 is 14.9 Å². The van der Waals surface area contributed by atoms with Crippen molar-refractivity contribution in [2.24, 2.45) is 0 Å². The lowest BCUT2D eigenvalue weighted by Crippen LogP contribution is -2.35. The molecule has 0 aliphatic heterocycles. The number of methoxy groups -OCH3 is 1. The highest BCUT2D eigenvalue weighted by Crippen LogP contribution is 2.56. The molecule has 0 aromatic heterocycles. The molecule has 0 bridgehead atoms. The maximum Gasteiger partial charge on any atom is 0.190 e. The van der Waals surface area contributed by atoms with Gasteiger partial charge in [0.05, 0.1) is 12.7 Å². The molecule has 132 valence electrons. The topological polar surface area (TPSA) is 66.8 Å². The number of rotatable bonds is 3. The van der Waals surface area contributed by atoms with Gasteiger partial charge in [-0.2, -0.15) is 0 Å². The number of aromatic hydroxyl groups is 2. The van der Waals surface area contributed by atoms with Crippen LogP contribution in [0.4, 0.5) is 0 Å². The van der Waals surface area contributed by atoms with Gasteiger partial charge in [0, 0.05) is 16.5 Å². The molecule has 1 atom stereocenters. The monoisotopic (exact) mass is 340 g/mol. The molecule has 0 radical (unpaired) electrons. The van der Waals surface area contributed by atoms with Crippen molar-refractivity contribution in [3.63, 3.8) is 0 Å². The van der Waals surface area contributed by atoms with Gasteiger partial charge in [-0.1, -0.05) is 18.6 Å². The maximum absolute atomic E-state index is 12.8. The van der Waals surface area contributed by atoms with E-state index in [-0.39, 0.29) is 28.6 Å². The van der Waals surface area contributed by atoms with E-state index in [9.17, 15) is 15.0 Å². The third-order valence-corrected chi connectivity index (χ3v) is 5.76. The summed E-state index contributed by atoms with van der Waals surface area (Å²) in [5.74, 6) is -0.233. The van der Waals surface area contributed by atoms with Crippen LogP contribution >= 0.6 is 0 Å². The Kier molecular flexibility index (Phi) is 4.02. The Hall–Kier alpha value is -2.49. The molecule has 25 heavy (non-hydrogen) atoms. The predicted octanol–water partition coefficient (Wildman–Crippen LogP) is 4.35. The third-order valence-electron chi connectivity index (χ3n) is 5.76. The Labute approximate surface area is 148 Å². The lowest BCUT2D eigenvalue weighted by Gasteiger charge is -2.42. The normalized spacial score (nSPS) is 22.2.